The highest BCUT2D eigenvalue weighted by Gasteiger charge is 2.02. The molecule has 0 aromatic heterocycles. The molecule has 2 N–H and O–H groups in total. The number of nitro groups is 1. The Kier molecular flexibility index (Phi) is 4.56. The third-order valence-corrected chi connectivity index (χ3v) is 2.01. The van der Waals surface area contributed by atoms with Gasteiger partial charge < -0.3 is 10.6 Å². The van der Waals surface area contributed by atoms with Crippen molar-refractivity contribution in [2.75, 3.05) is 25.5 Å². The number of benzene rings is 1. The molecule has 0 radical (unpaired) electrons. The monoisotopic (exact) mass is 209 g/mol. The average molecular weight is 209 g/mol. The zero-order valence-electron chi connectivity index (χ0n) is 8.69. The number of nitrogens with one attached hydrogen (secondary N) is 2. The number of rotatable bonds is 6. The van der Waals surface area contributed by atoms with Crippen LogP contribution in [0.25, 0.3) is 0 Å². The standard InChI is InChI=1S/C10H15N3O2/c1-11-7-2-8-12-9-3-5-10(6-4-9)13(14)15/h3-6,11-12H,2,7-8H2,1H3. The first kappa shape index (κ1) is 11.5. The van der Waals surface area contributed by atoms with Gasteiger partial charge in [0.05, 0.1) is 4.92 Å². The van der Waals surface area contributed by atoms with Crippen molar-refractivity contribution in [2.45, 2.75) is 6.42 Å². The molecule has 0 saturated carbocycles. The minimum absolute atomic E-state index is 0.121. The number of nitro benzene ring substituents is 1. The van der Waals surface area contributed by atoms with Crippen LogP contribution in [0.4, 0.5) is 11.4 Å². The second-order valence-corrected chi connectivity index (χ2v) is 3.19. The Hall–Kier alpha value is -1.62. The topological polar surface area (TPSA) is 67.2 Å². The van der Waals surface area contributed by atoms with Gasteiger partial charge in [-0.25, -0.2) is 0 Å². The predicted molar refractivity (Wildman–Crippen MR) is 60.1 cm³/mol. The summed E-state index contributed by atoms with van der Waals surface area (Å²) in [5, 5.41) is 16.6. The van der Waals surface area contributed by atoms with Crippen molar-refractivity contribution < 1.29 is 4.92 Å². The molecule has 82 valence electrons. The van der Waals surface area contributed by atoms with Gasteiger partial charge in [0.15, 0.2) is 0 Å². The Bertz CT molecular complexity index is 311. The molecule has 0 aliphatic rings. The molecule has 1 aromatic rings. The molecular formula is C10H15N3O2. The number of anilines is 1. The molecule has 0 unspecified atom stereocenters. The third kappa shape index (κ3) is 3.95. The third-order valence-electron chi connectivity index (χ3n) is 2.01. The van der Waals surface area contributed by atoms with Gasteiger partial charge in [-0.05, 0) is 32.1 Å². The summed E-state index contributed by atoms with van der Waals surface area (Å²) in [5.74, 6) is 0. The lowest BCUT2D eigenvalue weighted by Gasteiger charge is -2.05. The molecule has 5 heteroatoms. The Morgan fingerprint density at radius 1 is 1.27 bits per heavy atom. The number of hydrogen-bond acceptors (Lipinski definition) is 4. The normalized spacial score (nSPS) is 9.93. The van der Waals surface area contributed by atoms with Crippen molar-refractivity contribution in [3.63, 3.8) is 0 Å². The summed E-state index contributed by atoms with van der Waals surface area (Å²) in [6.07, 6.45) is 1.02. The largest absolute Gasteiger partial charge is 0.385 e. The van der Waals surface area contributed by atoms with Crippen LogP contribution in [0.3, 0.4) is 0 Å². The van der Waals surface area contributed by atoms with Gasteiger partial charge in [0.25, 0.3) is 5.69 Å². The van der Waals surface area contributed by atoms with Gasteiger partial charge in [-0.2, -0.15) is 0 Å². The van der Waals surface area contributed by atoms with Gasteiger partial charge in [0, 0.05) is 24.4 Å². The van der Waals surface area contributed by atoms with Gasteiger partial charge in [-0.3, -0.25) is 10.1 Å². The second-order valence-electron chi connectivity index (χ2n) is 3.19. The minimum atomic E-state index is -0.398. The fourth-order valence-electron chi connectivity index (χ4n) is 1.20. The van der Waals surface area contributed by atoms with E-state index in [1.54, 1.807) is 12.1 Å². The molecule has 0 aliphatic carbocycles. The zero-order valence-corrected chi connectivity index (χ0v) is 8.69. The summed E-state index contributed by atoms with van der Waals surface area (Å²) in [4.78, 5) is 9.99. The highest BCUT2D eigenvalue weighted by Crippen LogP contribution is 2.14. The Balaban J connectivity index is 2.39. The van der Waals surface area contributed by atoms with E-state index in [0.717, 1.165) is 25.2 Å². The van der Waals surface area contributed by atoms with E-state index in [9.17, 15) is 10.1 Å². The molecule has 5 nitrogen and oxygen atoms in total. The molecule has 0 bridgehead atoms. The van der Waals surface area contributed by atoms with Gasteiger partial charge in [0.1, 0.15) is 0 Å². The number of hydrogen-bond donors (Lipinski definition) is 2. The number of non-ortho nitro benzene ring substituents is 1. The molecule has 15 heavy (non-hydrogen) atoms. The first-order valence-corrected chi connectivity index (χ1v) is 4.87. The van der Waals surface area contributed by atoms with Crippen LogP contribution in [0.1, 0.15) is 6.42 Å². The van der Waals surface area contributed by atoms with Crippen LogP contribution in [-0.2, 0) is 0 Å². The van der Waals surface area contributed by atoms with E-state index < -0.39 is 4.92 Å². The second kappa shape index (κ2) is 5.98. The highest BCUT2D eigenvalue weighted by molar-refractivity contribution is 5.48. The molecule has 0 aliphatic heterocycles. The Morgan fingerprint density at radius 2 is 1.93 bits per heavy atom. The molecule has 0 amide bonds. The first-order chi connectivity index (χ1) is 7.24. The van der Waals surface area contributed by atoms with Crippen LogP contribution in [0.2, 0.25) is 0 Å². The van der Waals surface area contributed by atoms with Crippen LogP contribution >= 0.6 is 0 Å². The molecule has 0 atom stereocenters. The Morgan fingerprint density at radius 3 is 2.47 bits per heavy atom. The lowest BCUT2D eigenvalue weighted by Crippen LogP contribution is -2.12. The zero-order chi connectivity index (χ0) is 11.1. The summed E-state index contributed by atoms with van der Waals surface area (Å²) >= 11 is 0. The Labute approximate surface area is 88.6 Å². The number of nitrogens with zero attached hydrogens (tertiary/aromatic N) is 1. The van der Waals surface area contributed by atoms with E-state index in [1.807, 2.05) is 7.05 Å². The van der Waals surface area contributed by atoms with Crippen molar-refractivity contribution in [3.05, 3.63) is 34.4 Å². The van der Waals surface area contributed by atoms with E-state index in [2.05, 4.69) is 10.6 Å². The van der Waals surface area contributed by atoms with E-state index in [-0.39, 0.29) is 5.69 Å². The average Bonchev–Trinajstić information content (AvgIpc) is 2.25. The molecule has 0 spiro atoms. The fourth-order valence-corrected chi connectivity index (χ4v) is 1.20. The molecule has 0 saturated heterocycles. The van der Waals surface area contributed by atoms with Crippen molar-refractivity contribution in [3.8, 4) is 0 Å². The van der Waals surface area contributed by atoms with Crippen molar-refractivity contribution in [1.29, 1.82) is 0 Å². The van der Waals surface area contributed by atoms with Crippen molar-refractivity contribution >= 4 is 11.4 Å². The summed E-state index contributed by atoms with van der Waals surface area (Å²) in [6.45, 7) is 1.82. The van der Waals surface area contributed by atoms with Gasteiger partial charge >= 0.3 is 0 Å². The maximum absolute atomic E-state index is 10.4. The van der Waals surface area contributed by atoms with Crippen molar-refractivity contribution in [2.24, 2.45) is 0 Å². The summed E-state index contributed by atoms with van der Waals surface area (Å²) < 4.78 is 0. The van der Waals surface area contributed by atoms with E-state index >= 15 is 0 Å². The molecule has 1 rings (SSSR count). The van der Waals surface area contributed by atoms with Gasteiger partial charge in [-0.15, -0.1) is 0 Å². The van der Waals surface area contributed by atoms with E-state index in [0.29, 0.717) is 0 Å². The van der Waals surface area contributed by atoms with Crippen LogP contribution in [0.5, 0.6) is 0 Å². The summed E-state index contributed by atoms with van der Waals surface area (Å²) in [7, 11) is 1.91. The smallest absolute Gasteiger partial charge is 0.269 e. The van der Waals surface area contributed by atoms with Crippen molar-refractivity contribution in [1.82, 2.24) is 5.32 Å². The van der Waals surface area contributed by atoms with Crippen LogP contribution in [0.15, 0.2) is 24.3 Å². The fraction of sp³-hybridized carbons (Fsp3) is 0.400. The quantitative estimate of drug-likeness (QED) is 0.424. The molecular weight excluding hydrogens is 194 g/mol. The highest BCUT2D eigenvalue weighted by atomic mass is 16.6. The maximum atomic E-state index is 10.4. The van der Waals surface area contributed by atoms with Gasteiger partial charge in [0.2, 0.25) is 0 Å². The lowest BCUT2D eigenvalue weighted by atomic mass is 10.3. The minimum Gasteiger partial charge on any atom is -0.385 e. The SMILES string of the molecule is CNCCCNc1ccc([N+](=O)[O-])cc1. The summed E-state index contributed by atoms with van der Waals surface area (Å²) in [6, 6.07) is 6.44. The molecule has 0 heterocycles. The first-order valence-electron chi connectivity index (χ1n) is 4.87. The van der Waals surface area contributed by atoms with E-state index in [1.165, 1.54) is 12.1 Å². The molecule has 1 aromatic carbocycles. The van der Waals surface area contributed by atoms with Crippen LogP contribution in [-0.4, -0.2) is 25.1 Å². The molecule has 0 fully saturated rings. The van der Waals surface area contributed by atoms with Crippen LogP contribution in [0, 0.1) is 10.1 Å². The van der Waals surface area contributed by atoms with Gasteiger partial charge in [-0.1, -0.05) is 0 Å². The predicted octanol–water partition coefficient (Wildman–Crippen LogP) is 1.62. The lowest BCUT2D eigenvalue weighted by molar-refractivity contribution is -0.384. The maximum Gasteiger partial charge on any atom is 0.269 e. The van der Waals surface area contributed by atoms with E-state index in [4.69, 9.17) is 0 Å². The van der Waals surface area contributed by atoms with Crippen LogP contribution < -0.4 is 10.6 Å². The summed E-state index contributed by atoms with van der Waals surface area (Å²) in [5.41, 5.74) is 1.03.